The summed E-state index contributed by atoms with van der Waals surface area (Å²) in [6, 6.07) is 1.29. The zero-order valence-electron chi connectivity index (χ0n) is 15.3. The fourth-order valence-corrected chi connectivity index (χ4v) is 2.65. The van der Waals surface area contributed by atoms with E-state index in [2.05, 4.69) is 58.7 Å². The zero-order chi connectivity index (χ0) is 15.6. The monoisotopic (exact) mass is 284 g/mol. The van der Waals surface area contributed by atoms with Crippen LogP contribution in [0.5, 0.6) is 0 Å². The van der Waals surface area contributed by atoms with E-state index >= 15 is 0 Å². The predicted molar refractivity (Wildman–Crippen MR) is 92.4 cm³/mol. The number of unbranched alkanes of at least 4 members (excludes halogenated alkanes) is 2. The van der Waals surface area contributed by atoms with E-state index in [4.69, 9.17) is 0 Å². The third-order valence-electron chi connectivity index (χ3n) is 4.17. The molecule has 0 bridgehead atoms. The van der Waals surface area contributed by atoms with Crippen molar-refractivity contribution in [2.75, 3.05) is 19.6 Å². The van der Waals surface area contributed by atoms with Crippen molar-refractivity contribution in [1.82, 2.24) is 10.2 Å². The van der Waals surface area contributed by atoms with Gasteiger partial charge < -0.3 is 10.2 Å². The first-order valence-electron chi connectivity index (χ1n) is 8.80. The molecule has 1 atom stereocenters. The smallest absolute Gasteiger partial charge is 0.0128 e. The van der Waals surface area contributed by atoms with Gasteiger partial charge in [-0.15, -0.1) is 0 Å². The second-order valence-electron chi connectivity index (χ2n) is 7.50. The average Bonchev–Trinajstić information content (AvgIpc) is 2.34. The van der Waals surface area contributed by atoms with Crippen molar-refractivity contribution in [3.63, 3.8) is 0 Å². The molecule has 0 radical (unpaired) electrons. The van der Waals surface area contributed by atoms with Crippen LogP contribution in [0, 0.1) is 5.41 Å². The van der Waals surface area contributed by atoms with Gasteiger partial charge in [-0.2, -0.15) is 0 Å². The molecule has 0 aromatic heterocycles. The van der Waals surface area contributed by atoms with Gasteiger partial charge in [-0.05, 0) is 58.2 Å². The molecule has 2 heteroatoms. The average molecular weight is 285 g/mol. The van der Waals surface area contributed by atoms with Gasteiger partial charge in [0, 0.05) is 12.1 Å². The minimum Gasteiger partial charge on any atom is -0.313 e. The molecule has 0 saturated carbocycles. The summed E-state index contributed by atoms with van der Waals surface area (Å²) in [4.78, 5) is 2.65. The maximum absolute atomic E-state index is 3.74. The van der Waals surface area contributed by atoms with Gasteiger partial charge in [0.25, 0.3) is 0 Å². The lowest BCUT2D eigenvalue weighted by Crippen LogP contribution is -2.44. The summed E-state index contributed by atoms with van der Waals surface area (Å²) in [5, 5.41) is 3.74. The highest BCUT2D eigenvalue weighted by molar-refractivity contribution is 4.82. The first-order valence-corrected chi connectivity index (χ1v) is 8.80. The molecule has 0 aromatic carbocycles. The Kier molecular flexibility index (Phi) is 10.6. The van der Waals surface area contributed by atoms with Gasteiger partial charge >= 0.3 is 0 Å². The van der Waals surface area contributed by atoms with Crippen molar-refractivity contribution >= 4 is 0 Å². The van der Waals surface area contributed by atoms with Crippen LogP contribution in [0.2, 0.25) is 0 Å². The van der Waals surface area contributed by atoms with Gasteiger partial charge in [-0.25, -0.2) is 0 Å². The van der Waals surface area contributed by atoms with Crippen molar-refractivity contribution in [3.05, 3.63) is 0 Å². The molecule has 0 amide bonds. The molecule has 122 valence electrons. The molecule has 0 saturated heterocycles. The standard InChI is InChI=1S/C18H40N2/c1-8-10-11-14-20(16(3)4)15-12-17(18(5,6)7)19-13-9-2/h16-17,19H,8-15H2,1-7H3. The SMILES string of the molecule is CCCCCN(CCC(NCCC)C(C)(C)C)C(C)C. The summed E-state index contributed by atoms with van der Waals surface area (Å²) in [6.07, 6.45) is 6.50. The molecule has 1 N–H and O–H groups in total. The molecule has 0 rings (SSSR count). The lowest BCUT2D eigenvalue weighted by molar-refractivity contribution is 0.175. The first kappa shape index (κ1) is 19.9. The highest BCUT2D eigenvalue weighted by atomic mass is 15.1. The molecule has 0 spiro atoms. The highest BCUT2D eigenvalue weighted by Crippen LogP contribution is 2.22. The molecule has 0 heterocycles. The summed E-state index contributed by atoms with van der Waals surface area (Å²) in [6.45, 7) is 19.9. The molecule has 1 unspecified atom stereocenters. The maximum atomic E-state index is 3.74. The number of nitrogens with one attached hydrogen (secondary N) is 1. The summed E-state index contributed by atoms with van der Waals surface area (Å²) < 4.78 is 0. The summed E-state index contributed by atoms with van der Waals surface area (Å²) in [7, 11) is 0. The molecule has 2 nitrogen and oxygen atoms in total. The summed E-state index contributed by atoms with van der Waals surface area (Å²) >= 11 is 0. The van der Waals surface area contributed by atoms with Gasteiger partial charge in [0.05, 0.1) is 0 Å². The Balaban J connectivity index is 4.31. The van der Waals surface area contributed by atoms with Gasteiger partial charge in [0.2, 0.25) is 0 Å². The van der Waals surface area contributed by atoms with E-state index < -0.39 is 0 Å². The molecule has 0 aromatic rings. The number of hydrogen-bond acceptors (Lipinski definition) is 2. The van der Waals surface area contributed by atoms with Gasteiger partial charge in [0.1, 0.15) is 0 Å². The van der Waals surface area contributed by atoms with Crippen LogP contribution >= 0.6 is 0 Å². The molecule has 0 aliphatic rings. The molecular weight excluding hydrogens is 244 g/mol. The van der Waals surface area contributed by atoms with E-state index in [0.29, 0.717) is 17.5 Å². The third kappa shape index (κ3) is 8.97. The van der Waals surface area contributed by atoms with Crippen LogP contribution in [0.15, 0.2) is 0 Å². The largest absolute Gasteiger partial charge is 0.313 e. The Bertz CT molecular complexity index is 218. The molecule has 0 fully saturated rings. The van der Waals surface area contributed by atoms with Crippen molar-refractivity contribution in [1.29, 1.82) is 0 Å². The Morgan fingerprint density at radius 2 is 1.60 bits per heavy atom. The predicted octanol–water partition coefficient (Wildman–Crippen LogP) is 4.69. The fourth-order valence-electron chi connectivity index (χ4n) is 2.65. The molecular formula is C18H40N2. The quantitative estimate of drug-likeness (QED) is 0.554. The van der Waals surface area contributed by atoms with Crippen LogP contribution < -0.4 is 5.32 Å². The van der Waals surface area contributed by atoms with Crippen molar-refractivity contribution in [2.45, 2.75) is 92.7 Å². The Morgan fingerprint density at radius 3 is 2.05 bits per heavy atom. The fraction of sp³-hybridized carbons (Fsp3) is 1.00. The Morgan fingerprint density at radius 1 is 0.950 bits per heavy atom. The topological polar surface area (TPSA) is 15.3 Å². The van der Waals surface area contributed by atoms with Crippen molar-refractivity contribution < 1.29 is 0 Å². The van der Waals surface area contributed by atoms with E-state index in [1.54, 1.807) is 0 Å². The van der Waals surface area contributed by atoms with Crippen molar-refractivity contribution in [3.8, 4) is 0 Å². The minimum atomic E-state index is 0.348. The third-order valence-corrected chi connectivity index (χ3v) is 4.17. The van der Waals surface area contributed by atoms with E-state index in [-0.39, 0.29) is 0 Å². The number of rotatable bonds is 11. The second kappa shape index (κ2) is 10.6. The van der Waals surface area contributed by atoms with Crippen molar-refractivity contribution in [2.24, 2.45) is 5.41 Å². The number of hydrogen-bond donors (Lipinski definition) is 1. The molecule has 0 aliphatic carbocycles. The van der Waals surface area contributed by atoms with E-state index in [1.165, 1.54) is 45.2 Å². The van der Waals surface area contributed by atoms with Crippen LogP contribution in [-0.2, 0) is 0 Å². The zero-order valence-corrected chi connectivity index (χ0v) is 15.3. The van der Waals surface area contributed by atoms with Crippen LogP contribution in [0.3, 0.4) is 0 Å². The lowest BCUT2D eigenvalue weighted by atomic mass is 9.84. The van der Waals surface area contributed by atoms with Crippen LogP contribution in [-0.4, -0.2) is 36.6 Å². The Labute approximate surface area is 128 Å². The number of nitrogens with zero attached hydrogens (tertiary/aromatic N) is 1. The Hall–Kier alpha value is -0.0800. The first-order chi connectivity index (χ1) is 9.32. The van der Waals surface area contributed by atoms with Gasteiger partial charge in [-0.3, -0.25) is 0 Å². The molecule has 20 heavy (non-hydrogen) atoms. The summed E-state index contributed by atoms with van der Waals surface area (Å²) in [5.41, 5.74) is 0.348. The van der Waals surface area contributed by atoms with Gasteiger partial charge in [0.15, 0.2) is 0 Å². The lowest BCUT2D eigenvalue weighted by Gasteiger charge is -2.35. The minimum absolute atomic E-state index is 0.348. The maximum Gasteiger partial charge on any atom is 0.0128 e. The van der Waals surface area contributed by atoms with Crippen LogP contribution in [0.4, 0.5) is 0 Å². The second-order valence-corrected chi connectivity index (χ2v) is 7.50. The van der Waals surface area contributed by atoms with E-state index in [9.17, 15) is 0 Å². The summed E-state index contributed by atoms with van der Waals surface area (Å²) in [5.74, 6) is 0. The van der Waals surface area contributed by atoms with Gasteiger partial charge in [-0.1, -0.05) is 47.5 Å². The normalized spacial score (nSPS) is 14.2. The molecule has 0 aliphatic heterocycles. The van der Waals surface area contributed by atoms with Crippen LogP contribution in [0.25, 0.3) is 0 Å². The van der Waals surface area contributed by atoms with E-state index in [0.717, 1.165) is 6.54 Å². The van der Waals surface area contributed by atoms with E-state index in [1.807, 2.05) is 0 Å². The van der Waals surface area contributed by atoms with Crippen LogP contribution in [0.1, 0.15) is 80.6 Å². The highest BCUT2D eigenvalue weighted by Gasteiger charge is 2.24.